The number of Topliss-reactive ketones (excluding diaryl/α,β-unsaturated/α-hetero) is 1. The predicted molar refractivity (Wildman–Crippen MR) is 115 cm³/mol. The Morgan fingerprint density at radius 3 is 2.65 bits per heavy atom. The number of hydrogen-bond donors (Lipinski definition) is 1. The quantitative estimate of drug-likeness (QED) is 0.488. The molecule has 8 heteroatoms. The van der Waals surface area contributed by atoms with Gasteiger partial charge in [0.25, 0.3) is 5.91 Å². The molecule has 8 nitrogen and oxygen atoms in total. The van der Waals surface area contributed by atoms with Gasteiger partial charge >= 0.3 is 0 Å². The summed E-state index contributed by atoms with van der Waals surface area (Å²) in [7, 11) is 1.54. The zero-order valence-electron chi connectivity index (χ0n) is 17.8. The smallest absolute Gasteiger partial charge is 0.265 e. The van der Waals surface area contributed by atoms with Crippen LogP contribution in [0.3, 0.4) is 0 Å². The summed E-state index contributed by atoms with van der Waals surface area (Å²) in [6, 6.07) is 11.4. The van der Waals surface area contributed by atoms with Gasteiger partial charge in [-0.2, -0.15) is 0 Å². The molecule has 0 bridgehead atoms. The molecule has 1 heterocycles. The number of ketones is 1. The molecule has 0 spiro atoms. The van der Waals surface area contributed by atoms with E-state index in [1.165, 1.54) is 4.90 Å². The molecule has 0 saturated heterocycles. The zero-order valence-corrected chi connectivity index (χ0v) is 17.8. The SMILES string of the molecule is COCCNC(=O)C(C)N1C(=O)COc2ccc(C(=O)COc3ccc(C)cc3)cc21. The number of aryl methyl sites for hydroxylation is 1. The van der Waals surface area contributed by atoms with E-state index in [0.717, 1.165) is 5.56 Å². The number of hydrogen-bond acceptors (Lipinski definition) is 6. The summed E-state index contributed by atoms with van der Waals surface area (Å²) in [5.74, 6) is 0.101. The fraction of sp³-hybridized carbons (Fsp3) is 0.348. The average Bonchev–Trinajstić information content (AvgIpc) is 2.77. The molecule has 1 aliphatic rings. The van der Waals surface area contributed by atoms with Crippen molar-refractivity contribution in [3.63, 3.8) is 0 Å². The van der Waals surface area contributed by atoms with Crippen molar-refractivity contribution in [2.45, 2.75) is 19.9 Å². The van der Waals surface area contributed by atoms with E-state index in [2.05, 4.69) is 5.32 Å². The molecule has 164 valence electrons. The van der Waals surface area contributed by atoms with Crippen molar-refractivity contribution >= 4 is 23.3 Å². The van der Waals surface area contributed by atoms with E-state index in [4.69, 9.17) is 14.2 Å². The Bertz CT molecular complexity index is 957. The Kier molecular flexibility index (Phi) is 7.25. The number of carbonyl (C=O) groups is 3. The van der Waals surface area contributed by atoms with Crippen LogP contribution in [0, 0.1) is 6.92 Å². The number of benzene rings is 2. The summed E-state index contributed by atoms with van der Waals surface area (Å²) in [5, 5.41) is 2.73. The number of anilines is 1. The third kappa shape index (κ3) is 5.40. The van der Waals surface area contributed by atoms with Gasteiger partial charge in [-0.25, -0.2) is 0 Å². The number of fused-ring (bicyclic) bond motifs is 1. The van der Waals surface area contributed by atoms with Crippen molar-refractivity contribution in [1.29, 1.82) is 0 Å². The van der Waals surface area contributed by atoms with E-state index >= 15 is 0 Å². The van der Waals surface area contributed by atoms with Crippen LogP contribution in [0.25, 0.3) is 0 Å². The molecule has 0 aliphatic carbocycles. The van der Waals surface area contributed by atoms with Crippen molar-refractivity contribution in [3.05, 3.63) is 53.6 Å². The average molecular weight is 426 g/mol. The highest BCUT2D eigenvalue weighted by atomic mass is 16.5. The summed E-state index contributed by atoms with van der Waals surface area (Å²) in [6.45, 7) is 3.97. The highest BCUT2D eigenvalue weighted by molar-refractivity contribution is 6.05. The Balaban J connectivity index is 1.76. The Labute approximate surface area is 181 Å². The molecule has 31 heavy (non-hydrogen) atoms. The summed E-state index contributed by atoms with van der Waals surface area (Å²) in [6.07, 6.45) is 0. The first-order valence-corrected chi connectivity index (χ1v) is 9.99. The van der Waals surface area contributed by atoms with Crippen LogP contribution in [0.15, 0.2) is 42.5 Å². The van der Waals surface area contributed by atoms with Crippen molar-refractivity contribution < 1.29 is 28.6 Å². The van der Waals surface area contributed by atoms with Crippen LogP contribution < -0.4 is 19.7 Å². The van der Waals surface area contributed by atoms with E-state index in [1.807, 2.05) is 19.1 Å². The van der Waals surface area contributed by atoms with Crippen LogP contribution in [0.4, 0.5) is 5.69 Å². The second-order valence-corrected chi connectivity index (χ2v) is 7.22. The molecular formula is C23H26N2O6. The highest BCUT2D eigenvalue weighted by Crippen LogP contribution is 2.34. The minimum atomic E-state index is -0.777. The van der Waals surface area contributed by atoms with Crippen LogP contribution in [0.2, 0.25) is 0 Å². The molecule has 1 aliphatic heterocycles. The van der Waals surface area contributed by atoms with Crippen molar-refractivity contribution in [2.24, 2.45) is 0 Å². The minimum Gasteiger partial charge on any atom is -0.485 e. The number of nitrogens with one attached hydrogen (secondary N) is 1. The van der Waals surface area contributed by atoms with Crippen LogP contribution in [-0.4, -0.2) is 57.1 Å². The van der Waals surface area contributed by atoms with E-state index < -0.39 is 6.04 Å². The van der Waals surface area contributed by atoms with Crippen molar-refractivity contribution in [2.75, 3.05) is 38.4 Å². The molecule has 2 aromatic carbocycles. The maximum absolute atomic E-state index is 12.7. The Morgan fingerprint density at radius 1 is 1.19 bits per heavy atom. The van der Waals surface area contributed by atoms with Crippen LogP contribution >= 0.6 is 0 Å². The summed E-state index contributed by atoms with van der Waals surface area (Å²) >= 11 is 0. The second-order valence-electron chi connectivity index (χ2n) is 7.22. The standard InChI is InChI=1S/C23H26N2O6/c1-15-4-7-18(8-5-15)30-13-20(26)17-6-9-21-19(12-17)25(22(27)14-31-21)16(2)23(28)24-10-11-29-3/h4-9,12,16H,10-11,13-14H2,1-3H3,(H,24,28). The van der Waals surface area contributed by atoms with Gasteiger partial charge in [0.1, 0.15) is 17.5 Å². The van der Waals surface area contributed by atoms with Gasteiger partial charge < -0.3 is 19.5 Å². The highest BCUT2D eigenvalue weighted by Gasteiger charge is 2.33. The molecule has 0 aromatic heterocycles. The number of methoxy groups -OCH3 is 1. The number of rotatable bonds is 9. The minimum absolute atomic E-state index is 0.149. The summed E-state index contributed by atoms with van der Waals surface area (Å²) < 4.78 is 16.0. The van der Waals surface area contributed by atoms with Gasteiger partial charge in [0.2, 0.25) is 5.91 Å². The monoisotopic (exact) mass is 426 g/mol. The maximum Gasteiger partial charge on any atom is 0.265 e. The van der Waals surface area contributed by atoms with Crippen LogP contribution in [0.5, 0.6) is 11.5 Å². The maximum atomic E-state index is 12.7. The molecule has 2 aromatic rings. The van der Waals surface area contributed by atoms with Crippen LogP contribution in [0.1, 0.15) is 22.8 Å². The molecule has 1 N–H and O–H groups in total. The lowest BCUT2D eigenvalue weighted by molar-refractivity contribution is -0.127. The predicted octanol–water partition coefficient (Wildman–Crippen LogP) is 2.13. The third-order valence-electron chi connectivity index (χ3n) is 4.92. The van der Waals surface area contributed by atoms with Gasteiger partial charge in [-0.15, -0.1) is 0 Å². The first-order chi connectivity index (χ1) is 14.9. The van der Waals surface area contributed by atoms with E-state index in [1.54, 1.807) is 44.4 Å². The molecule has 1 atom stereocenters. The van der Waals surface area contributed by atoms with Gasteiger partial charge in [-0.3, -0.25) is 19.3 Å². The third-order valence-corrected chi connectivity index (χ3v) is 4.92. The molecular weight excluding hydrogens is 400 g/mol. The molecule has 3 rings (SSSR count). The van der Waals surface area contributed by atoms with Gasteiger partial charge in [0.15, 0.2) is 19.0 Å². The lowest BCUT2D eigenvalue weighted by Gasteiger charge is -2.33. The number of nitrogens with zero attached hydrogens (tertiary/aromatic N) is 1. The lowest BCUT2D eigenvalue weighted by Crippen LogP contribution is -2.51. The Morgan fingerprint density at radius 2 is 1.94 bits per heavy atom. The van der Waals surface area contributed by atoms with Crippen molar-refractivity contribution in [3.8, 4) is 11.5 Å². The summed E-state index contributed by atoms with van der Waals surface area (Å²) in [4.78, 5) is 39.1. The fourth-order valence-electron chi connectivity index (χ4n) is 3.18. The topological polar surface area (TPSA) is 94.2 Å². The normalized spacial score (nSPS) is 13.8. The van der Waals surface area contributed by atoms with E-state index in [-0.39, 0.29) is 30.8 Å². The fourth-order valence-corrected chi connectivity index (χ4v) is 3.18. The number of amides is 2. The van der Waals surface area contributed by atoms with Gasteiger partial charge in [-0.05, 0) is 44.2 Å². The first kappa shape index (κ1) is 22.3. The number of carbonyl (C=O) groups excluding carboxylic acids is 3. The molecule has 0 fully saturated rings. The zero-order chi connectivity index (χ0) is 22.4. The van der Waals surface area contributed by atoms with Crippen LogP contribution in [-0.2, 0) is 14.3 Å². The number of ether oxygens (including phenoxy) is 3. The summed E-state index contributed by atoms with van der Waals surface area (Å²) in [5.41, 5.74) is 1.84. The van der Waals surface area contributed by atoms with E-state index in [9.17, 15) is 14.4 Å². The molecule has 2 amide bonds. The van der Waals surface area contributed by atoms with Gasteiger partial charge in [0, 0.05) is 19.2 Å². The van der Waals surface area contributed by atoms with Crippen molar-refractivity contribution in [1.82, 2.24) is 5.32 Å². The van der Waals surface area contributed by atoms with Gasteiger partial charge in [0.05, 0.1) is 12.3 Å². The molecule has 0 radical (unpaired) electrons. The largest absolute Gasteiger partial charge is 0.485 e. The second kappa shape index (κ2) is 10.1. The lowest BCUT2D eigenvalue weighted by atomic mass is 10.1. The van der Waals surface area contributed by atoms with E-state index in [0.29, 0.717) is 35.9 Å². The van der Waals surface area contributed by atoms with Gasteiger partial charge in [-0.1, -0.05) is 17.7 Å². The Hall–Kier alpha value is -3.39. The first-order valence-electron chi connectivity index (χ1n) is 9.99. The molecule has 0 saturated carbocycles. The molecule has 1 unspecified atom stereocenters.